The van der Waals surface area contributed by atoms with Crippen LogP contribution in [0.15, 0.2) is 42.6 Å². The Kier molecular flexibility index (Phi) is 7.22. The number of nitrogens with zero attached hydrogens (tertiary/aromatic N) is 2. The molecule has 1 saturated heterocycles. The van der Waals surface area contributed by atoms with Crippen LogP contribution in [0.2, 0.25) is 0 Å². The molecule has 2 amide bonds. The van der Waals surface area contributed by atoms with Gasteiger partial charge in [0.2, 0.25) is 0 Å². The highest BCUT2D eigenvalue weighted by atomic mass is 16.5. The van der Waals surface area contributed by atoms with Gasteiger partial charge in [-0.3, -0.25) is 0 Å². The number of rotatable bonds is 7. The second-order valence-corrected chi connectivity index (χ2v) is 6.94. The number of hydrogen-bond donors (Lipinski definition) is 2. The van der Waals surface area contributed by atoms with E-state index in [-0.39, 0.29) is 12.1 Å². The van der Waals surface area contributed by atoms with Gasteiger partial charge in [-0.1, -0.05) is 30.3 Å². The van der Waals surface area contributed by atoms with Crippen molar-refractivity contribution in [2.45, 2.75) is 32.7 Å². The van der Waals surface area contributed by atoms with Gasteiger partial charge in [0.05, 0.1) is 19.3 Å². The second kappa shape index (κ2) is 10.1. The molecule has 0 saturated carbocycles. The summed E-state index contributed by atoms with van der Waals surface area (Å²) in [6, 6.07) is 11.8. The minimum atomic E-state index is -0.205. The van der Waals surface area contributed by atoms with Crippen LogP contribution in [0.1, 0.15) is 23.6 Å². The van der Waals surface area contributed by atoms with Gasteiger partial charge >= 0.3 is 6.03 Å². The van der Waals surface area contributed by atoms with Crippen molar-refractivity contribution < 1.29 is 14.3 Å². The fraction of sp³-hybridized carbons (Fsp3) is 0.429. The number of nitrogens with one attached hydrogen (secondary N) is 2. The largest absolute Gasteiger partial charge is 0.380 e. The molecular weight excluding hydrogens is 356 g/mol. The van der Waals surface area contributed by atoms with Crippen molar-refractivity contribution in [1.29, 1.82) is 0 Å². The number of carbonyl (C=O) groups excluding carboxylic acids is 1. The van der Waals surface area contributed by atoms with Gasteiger partial charge in [-0.15, -0.1) is 0 Å². The number of amides is 2. The van der Waals surface area contributed by atoms with Gasteiger partial charge in [-0.2, -0.15) is 0 Å². The molecule has 7 heteroatoms. The minimum absolute atomic E-state index is 0.205. The third-order valence-corrected chi connectivity index (χ3v) is 4.58. The minimum Gasteiger partial charge on any atom is -0.380 e. The van der Waals surface area contributed by atoms with Crippen LogP contribution in [0, 0.1) is 0 Å². The third-order valence-electron chi connectivity index (χ3n) is 4.58. The van der Waals surface area contributed by atoms with Gasteiger partial charge in [0, 0.05) is 39.5 Å². The van der Waals surface area contributed by atoms with Crippen LogP contribution < -0.4 is 15.5 Å². The van der Waals surface area contributed by atoms with E-state index in [4.69, 9.17) is 9.47 Å². The molecule has 1 aliphatic rings. The lowest BCUT2D eigenvalue weighted by Crippen LogP contribution is -2.41. The number of anilines is 1. The Morgan fingerprint density at radius 2 is 2.00 bits per heavy atom. The summed E-state index contributed by atoms with van der Waals surface area (Å²) in [5.41, 5.74) is 3.08. The molecule has 2 aromatic rings. The molecule has 28 heavy (non-hydrogen) atoms. The molecule has 0 bridgehead atoms. The summed E-state index contributed by atoms with van der Waals surface area (Å²) in [6.45, 7) is 5.95. The number of benzene rings is 1. The fourth-order valence-corrected chi connectivity index (χ4v) is 3.16. The van der Waals surface area contributed by atoms with Crippen LogP contribution in [0.5, 0.6) is 0 Å². The molecule has 2 heterocycles. The highest BCUT2D eigenvalue weighted by Gasteiger charge is 2.17. The van der Waals surface area contributed by atoms with Gasteiger partial charge in [-0.05, 0) is 29.7 Å². The second-order valence-electron chi connectivity index (χ2n) is 6.94. The van der Waals surface area contributed by atoms with Gasteiger partial charge < -0.3 is 25.0 Å². The monoisotopic (exact) mass is 384 g/mol. The maximum atomic E-state index is 12.1. The first-order valence-electron chi connectivity index (χ1n) is 9.54. The van der Waals surface area contributed by atoms with Crippen LogP contribution in [0.3, 0.4) is 0 Å². The molecule has 1 atom stereocenters. The first kappa shape index (κ1) is 20.1. The van der Waals surface area contributed by atoms with Crippen molar-refractivity contribution >= 4 is 11.8 Å². The molecule has 1 fully saturated rings. The van der Waals surface area contributed by atoms with E-state index in [0.717, 1.165) is 42.2 Å². The number of methoxy groups -OCH3 is 1. The van der Waals surface area contributed by atoms with Crippen molar-refractivity contribution in [2.75, 3.05) is 31.7 Å². The molecule has 0 radical (unpaired) electrons. The van der Waals surface area contributed by atoms with Crippen molar-refractivity contribution in [1.82, 2.24) is 15.6 Å². The van der Waals surface area contributed by atoms with Crippen molar-refractivity contribution in [3.63, 3.8) is 0 Å². The van der Waals surface area contributed by atoms with E-state index < -0.39 is 0 Å². The lowest BCUT2D eigenvalue weighted by Gasteiger charge is -2.32. The molecule has 0 aliphatic carbocycles. The molecule has 1 aromatic heterocycles. The smallest absolute Gasteiger partial charge is 0.315 e. The number of aromatic nitrogens is 1. The van der Waals surface area contributed by atoms with Crippen molar-refractivity contribution in [2.24, 2.45) is 0 Å². The molecule has 1 aromatic carbocycles. The standard InChI is InChI=1S/C21H28N4O3/c1-16-14-25(8-9-28-16)20-7-6-19(12-22-20)13-24-21(26)23-11-17-4-3-5-18(10-17)15-27-2/h3-7,10,12,16H,8-9,11,13-15H2,1-2H3,(H2,23,24,26). The van der Waals surface area contributed by atoms with Gasteiger partial charge in [0.25, 0.3) is 0 Å². The lowest BCUT2D eigenvalue weighted by molar-refractivity contribution is 0.0529. The van der Waals surface area contributed by atoms with Crippen molar-refractivity contribution in [3.05, 3.63) is 59.3 Å². The van der Waals surface area contributed by atoms with Crippen LogP contribution in [-0.2, 0) is 29.2 Å². The molecule has 2 N–H and O–H groups in total. The number of urea groups is 1. The van der Waals surface area contributed by atoms with Gasteiger partial charge in [0.15, 0.2) is 0 Å². The Labute approximate surface area is 166 Å². The molecule has 3 rings (SSSR count). The van der Waals surface area contributed by atoms with Gasteiger partial charge in [0.1, 0.15) is 5.82 Å². The summed E-state index contributed by atoms with van der Waals surface area (Å²) >= 11 is 0. The zero-order chi connectivity index (χ0) is 19.8. The van der Waals surface area contributed by atoms with E-state index >= 15 is 0 Å². The maximum absolute atomic E-state index is 12.1. The summed E-state index contributed by atoms with van der Waals surface area (Å²) in [6.07, 6.45) is 2.03. The Morgan fingerprint density at radius 3 is 2.71 bits per heavy atom. The van der Waals surface area contributed by atoms with E-state index in [1.54, 1.807) is 7.11 Å². The SMILES string of the molecule is COCc1cccc(CNC(=O)NCc2ccc(N3CCOC(C)C3)nc2)c1. The summed E-state index contributed by atoms with van der Waals surface area (Å²) in [4.78, 5) is 18.8. The quantitative estimate of drug-likeness (QED) is 0.767. The molecule has 0 spiro atoms. The van der Waals surface area contributed by atoms with Crippen molar-refractivity contribution in [3.8, 4) is 0 Å². The summed E-state index contributed by atoms with van der Waals surface area (Å²) < 4.78 is 10.7. The predicted molar refractivity (Wildman–Crippen MR) is 108 cm³/mol. The number of hydrogen-bond acceptors (Lipinski definition) is 5. The molecule has 1 unspecified atom stereocenters. The predicted octanol–water partition coefficient (Wildman–Crippen LogP) is 2.45. The Hall–Kier alpha value is -2.64. The highest BCUT2D eigenvalue weighted by Crippen LogP contribution is 2.15. The Morgan fingerprint density at radius 1 is 1.21 bits per heavy atom. The lowest BCUT2D eigenvalue weighted by atomic mass is 10.1. The Bertz CT molecular complexity index is 767. The van der Waals surface area contributed by atoms with E-state index in [2.05, 4.69) is 27.4 Å². The molecule has 7 nitrogen and oxygen atoms in total. The Balaban J connectivity index is 1.43. The van der Waals surface area contributed by atoms with Crippen LogP contribution in [0.25, 0.3) is 0 Å². The van der Waals surface area contributed by atoms with Crippen LogP contribution in [-0.4, -0.2) is 43.9 Å². The van der Waals surface area contributed by atoms with E-state index in [0.29, 0.717) is 19.7 Å². The molecular formula is C21H28N4O3. The van der Waals surface area contributed by atoms with Crippen LogP contribution >= 0.6 is 0 Å². The zero-order valence-electron chi connectivity index (χ0n) is 16.5. The summed E-state index contributed by atoms with van der Waals surface area (Å²) in [5, 5.41) is 5.74. The van der Waals surface area contributed by atoms with Crippen LogP contribution in [0.4, 0.5) is 10.6 Å². The highest BCUT2D eigenvalue weighted by molar-refractivity contribution is 5.73. The maximum Gasteiger partial charge on any atom is 0.315 e. The molecule has 150 valence electrons. The van der Waals surface area contributed by atoms with Gasteiger partial charge in [-0.25, -0.2) is 9.78 Å². The zero-order valence-corrected chi connectivity index (χ0v) is 16.5. The number of carbonyl (C=O) groups is 1. The number of morpholine rings is 1. The number of pyridine rings is 1. The first-order valence-corrected chi connectivity index (χ1v) is 9.54. The average Bonchev–Trinajstić information content (AvgIpc) is 2.72. The average molecular weight is 384 g/mol. The first-order chi connectivity index (χ1) is 13.6. The van der Waals surface area contributed by atoms with E-state index in [9.17, 15) is 4.79 Å². The normalized spacial score (nSPS) is 16.6. The summed E-state index contributed by atoms with van der Waals surface area (Å²) in [7, 11) is 1.67. The molecule has 1 aliphatic heterocycles. The number of ether oxygens (including phenoxy) is 2. The van der Waals surface area contributed by atoms with E-state index in [1.165, 1.54) is 0 Å². The fourth-order valence-electron chi connectivity index (χ4n) is 3.16. The van der Waals surface area contributed by atoms with E-state index in [1.807, 2.05) is 42.6 Å². The summed E-state index contributed by atoms with van der Waals surface area (Å²) in [5.74, 6) is 0.944. The topological polar surface area (TPSA) is 75.7 Å². The third kappa shape index (κ3) is 5.94.